The van der Waals surface area contributed by atoms with Gasteiger partial charge in [-0.15, -0.1) is 0 Å². The van der Waals surface area contributed by atoms with Crippen LogP contribution in [0.5, 0.6) is 11.5 Å². The van der Waals surface area contributed by atoms with Gasteiger partial charge in [0.15, 0.2) is 28.9 Å². The minimum Gasteiger partial charge on any atom is -0.496 e. The van der Waals surface area contributed by atoms with E-state index in [1.54, 1.807) is 32.0 Å². The Morgan fingerprint density at radius 1 is 1.05 bits per heavy atom. The molecule has 1 aliphatic rings. The zero-order chi connectivity index (χ0) is 32.1. The predicted octanol–water partition coefficient (Wildman–Crippen LogP) is 3.80. The van der Waals surface area contributed by atoms with Crippen LogP contribution < -0.4 is 25.4 Å². The molecule has 3 atom stereocenters. The van der Waals surface area contributed by atoms with E-state index >= 15 is 0 Å². The highest BCUT2D eigenvalue weighted by Crippen LogP contribution is 2.29. The van der Waals surface area contributed by atoms with E-state index < -0.39 is 71.2 Å². The van der Waals surface area contributed by atoms with Gasteiger partial charge in [0.25, 0.3) is 5.91 Å². The largest absolute Gasteiger partial charge is 0.496 e. The molecule has 14 heteroatoms. The number of rotatable bonds is 13. The van der Waals surface area contributed by atoms with Gasteiger partial charge < -0.3 is 29.8 Å². The molecule has 1 aromatic heterocycles. The van der Waals surface area contributed by atoms with Crippen molar-refractivity contribution in [3.05, 3.63) is 59.4 Å². The Hall–Kier alpha value is -4.62. The number of furan rings is 1. The number of benzene rings is 2. The lowest BCUT2D eigenvalue weighted by Crippen LogP contribution is -2.53. The first-order chi connectivity index (χ1) is 20.9. The fraction of sp³-hybridized carbons (Fsp3) is 0.400. The summed E-state index contributed by atoms with van der Waals surface area (Å²) in [6, 6.07) is 3.88. The van der Waals surface area contributed by atoms with E-state index in [0.29, 0.717) is 29.7 Å². The SMILES string of the molecule is COc1cccc2oc(C(=O)NC(CC(C)C)C(=O)NC(CC3CCNC3=O)C(=O)COc3c(F)c(F)cc(F)c3F)cc12. The predicted molar refractivity (Wildman–Crippen MR) is 148 cm³/mol. The third-order valence-corrected chi connectivity index (χ3v) is 7.11. The number of halogens is 4. The molecule has 0 bridgehead atoms. The van der Waals surface area contributed by atoms with E-state index in [9.17, 15) is 36.7 Å². The smallest absolute Gasteiger partial charge is 0.287 e. The maximum atomic E-state index is 14.1. The molecule has 2 heterocycles. The van der Waals surface area contributed by atoms with Crippen LogP contribution in [-0.2, 0) is 14.4 Å². The minimum absolute atomic E-state index is 0.00785. The molecule has 10 nitrogen and oxygen atoms in total. The first-order valence-electron chi connectivity index (χ1n) is 13.8. The van der Waals surface area contributed by atoms with Crippen molar-refractivity contribution in [2.24, 2.45) is 11.8 Å². The fourth-order valence-corrected chi connectivity index (χ4v) is 4.88. The van der Waals surface area contributed by atoms with Gasteiger partial charge in [0.05, 0.1) is 18.5 Å². The van der Waals surface area contributed by atoms with Crippen LogP contribution in [0.2, 0.25) is 0 Å². The van der Waals surface area contributed by atoms with Crippen LogP contribution >= 0.6 is 0 Å². The quantitative estimate of drug-likeness (QED) is 0.195. The minimum atomic E-state index is -1.84. The number of amides is 3. The van der Waals surface area contributed by atoms with Gasteiger partial charge in [0.2, 0.25) is 23.4 Å². The van der Waals surface area contributed by atoms with E-state index in [-0.39, 0.29) is 36.5 Å². The van der Waals surface area contributed by atoms with Gasteiger partial charge in [-0.25, -0.2) is 8.78 Å². The van der Waals surface area contributed by atoms with Crippen molar-refractivity contribution in [1.82, 2.24) is 16.0 Å². The molecular weight excluding hydrogens is 590 g/mol. The summed E-state index contributed by atoms with van der Waals surface area (Å²) < 4.78 is 71.1. The Morgan fingerprint density at radius 3 is 2.36 bits per heavy atom. The third kappa shape index (κ3) is 7.29. The second kappa shape index (κ2) is 13.8. The second-order valence-electron chi connectivity index (χ2n) is 10.8. The first-order valence-corrected chi connectivity index (χ1v) is 13.8. The van der Waals surface area contributed by atoms with Gasteiger partial charge in [-0.1, -0.05) is 19.9 Å². The summed E-state index contributed by atoms with van der Waals surface area (Å²) in [5, 5.41) is 8.27. The zero-order valence-corrected chi connectivity index (χ0v) is 24.1. The summed E-state index contributed by atoms with van der Waals surface area (Å²) in [6.45, 7) is 2.86. The number of ketones is 1. The molecule has 1 fully saturated rings. The molecule has 44 heavy (non-hydrogen) atoms. The average molecular weight is 622 g/mol. The summed E-state index contributed by atoms with van der Waals surface area (Å²) >= 11 is 0. The van der Waals surface area contributed by atoms with Crippen molar-refractivity contribution in [3.63, 3.8) is 0 Å². The maximum Gasteiger partial charge on any atom is 0.287 e. The van der Waals surface area contributed by atoms with E-state index in [4.69, 9.17) is 13.9 Å². The molecule has 0 spiro atoms. The van der Waals surface area contributed by atoms with E-state index in [2.05, 4.69) is 16.0 Å². The fourth-order valence-electron chi connectivity index (χ4n) is 4.88. The van der Waals surface area contributed by atoms with Crippen LogP contribution in [-0.4, -0.2) is 55.8 Å². The van der Waals surface area contributed by atoms with E-state index in [1.165, 1.54) is 13.2 Å². The summed E-state index contributed by atoms with van der Waals surface area (Å²) in [7, 11) is 1.46. The molecule has 3 unspecified atom stereocenters. The van der Waals surface area contributed by atoms with Crippen LogP contribution in [0.1, 0.15) is 43.7 Å². The van der Waals surface area contributed by atoms with Gasteiger partial charge >= 0.3 is 0 Å². The van der Waals surface area contributed by atoms with Gasteiger partial charge in [0.1, 0.15) is 24.0 Å². The van der Waals surface area contributed by atoms with Gasteiger partial charge in [0, 0.05) is 24.6 Å². The van der Waals surface area contributed by atoms with Crippen molar-refractivity contribution < 1.29 is 50.6 Å². The molecule has 3 amide bonds. The van der Waals surface area contributed by atoms with Crippen LogP contribution in [0.3, 0.4) is 0 Å². The van der Waals surface area contributed by atoms with Gasteiger partial charge in [-0.05, 0) is 37.3 Å². The topological polar surface area (TPSA) is 136 Å². The van der Waals surface area contributed by atoms with Crippen molar-refractivity contribution in [1.29, 1.82) is 0 Å². The highest BCUT2D eigenvalue weighted by Gasteiger charge is 2.34. The van der Waals surface area contributed by atoms with Crippen molar-refractivity contribution >= 4 is 34.5 Å². The van der Waals surface area contributed by atoms with Gasteiger partial charge in [-0.3, -0.25) is 19.2 Å². The standard InChI is InChI=1S/C30H31F4N3O7/c1-14(2)9-20(37-30(41)24-11-16-22(42-3)5-4-6-23(16)44-24)29(40)36-19(10-15-7-8-35-28(15)39)21(38)13-43-27-25(33)17(31)12-18(32)26(27)34/h4-6,11-12,14-15,19-20H,7-10,13H2,1-3H3,(H,35,39)(H,36,40)(H,37,41). The number of carbonyl (C=O) groups excluding carboxylic acids is 4. The number of hydrogen-bond acceptors (Lipinski definition) is 7. The average Bonchev–Trinajstić information content (AvgIpc) is 3.60. The summed E-state index contributed by atoms with van der Waals surface area (Å²) in [6.07, 6.45) is 0.286. The molecule has 1 aliphatic heterocycles. The Kier molecular flexibility index (Phi) is 10.1. The molecule has 0 saturated carbocycles. The van der Waals surface area contributed by atoms with Gasteiger partial charge in [-0.2, -0.15) is 8.78 Å². The molecule has 0 radical (unpaired) electrons. The van der Waals surface area contributed by atoms with Crippen LogP contribution in [0.4, 0.5) is 17.6 Å². The summed E-state index contributed by atoms with van der Waals surface area (Å²) in [4.78, 5) is 52.0. The molecule has 0 aliphatic carbocycles. The lowest BCUT2D eigenvalue weighted by molar-refractivity contribution is -0.131. The number of Topliss-reactive ketones (excluding diaryl/α,β-unsaturated/α-hetero) is 1. The lowest BCUT2D eigenvalue weighted by Gasteiger charge is -2.25. The van der Waals surface area contributed by atoms with Crippen LogP contribution in [0, 0.1) is 35.1 Å². The zero-order valence-electron chi connectivity index (χ0n) is 24.1. The molecule has 236 valence electrons. The van der Waals surface area contributed by atoms with Crippen LogP contribution in [0.25, 0.3) is 11.0 Å². The Balaban J connectivity index is 1.53. The lowest BCUT2D eigenvalue weighted by atomic mass is 9.95. The summed E-state index contributed by atoms with van der Waals surface area (Å²) in [5.74, 6) is -11.8. The number of carbonyl (C=O) groups is 4. The third-order valence-electron chi connectivity index (χ3n) is 7.11. The second-order valence-corrected chi connectivity index (χ2v) is 10.8. The number of ether oxygens (including phenoxy) is 2. The number of methoxy groups -OCH3 is 1. The molecule has 4 rings (SSSR count). The molecule has 3 N–H and O–H groups in total. The molecule has 2 aromatic carbocycles. The van der Waals surface area contributed by atoms with E-state index in [0.717, 1.165) is 0 Å². The number of fused-ring (bicyclic) bond motifs is 1. The Labute approximate surface area is 249 Å². The van der Waals surface area contributed by atoms with Crippen molar-refractivity contribution in [2.75, 3.05) is 20.3 Å². The maximum absolute atomic E-state index is 14.1. The normalized spacial score (nSPS) is 16.0. The first kappa shape index (κ1) is 32.3. The highest BCUT2D eigenvalue weighted by atomic mass is 19.2. The monoisotopic (exact) mass is 621 g/mol. The Bertz CT molecular complexity index is 1550. The summed E-state index contributed by atoms with van der Waals surface area (Å²) in [5.41, 5.74) is 0.380. The number of hydrogen-bond donors (Lipinski definition) is 3. The molecule has 3 aromatic rings. The highest BCUT2D eigenvalue weighted by molar-refractivity contribution is 6.00. The van der Waals surface area contributed by atoms with Crippen LogP contribution in [0.15, 0.2) is 34.7 Å². The molecular formula is C30H31F4N3O7. The van der Waals surface area contributed by atoms with Crippen molar-refractivity contribution in [2.45, 2.75) is 45.2 Å². The molecule has 1 saturated heterocycles. The van der Waals surface area contributed by atoms with Crippen molar-refractivity contribution in [3.8, 4) is 11.5 Å². The number of nitrogens with one attached hydrogen (secondary N) is 3. The Morgan fingerprint density at radius 2 is 1.75 bits per heavy atom. The van der Waals surface area contributed by atoms with E-state index in [1.807, 2.05) is 0 Å².